The van der Waals surface area contributed by atoms with Crippen LogP contribution in [0.1, 0.15) is 23.7 Å². The number of hydrogen-bond acceptors (Lipinski definition) is 3. The van der Waals surface area contributed by atoms with Crippen LogP contribution in [0.15, 0.2) is 36.4 Å². The van der Waals surface area contributed by atoms with Gasteiger partial charge in [-0.25, -0.2) is 0 Å². The fraction of sp³-hybridized carbons (Fsp3) is 0.235. The molecule has 0 unspecified atom stereocenters. The number of ketones is 1. The summed E-state index contributed by atoms with van der Waals surface area (Å²) in [6.07, 6.45) is 0.476. The molecule has 0 saturated carbocycles. The van der Waals surface area contributed by atoms with Crippen molar-refractivity contribution in [2.24, 2.45) is 0 Å². The van der Waals surface area contributed by atoms with Crippen molar-refractivity contribution in [3.05, 3.63) is 47.0 Å². The third-order valence-electron chi connectivity index (χ3n) is 3.30. The molecule has 0 saturated heterocycles. The monoisotopic (exact) mass is 304 g/mol. The molecule has 0 spiro atoms. The van der Waals surface area contributed by atoms with Gasteiger partial charge in [-0.1, -0.05) is 36.7 Å². The number of benzene rings is 2. The van der Waals surface area contributed by atoms with Gasteiger partial charge in [0.1, 0.15) is 16.5 Å². The Bertz CT molecular complexity index is 665. The quantitative estimate of drug-likeness (QED) is 0.756. The van der Waals surface area contributed by atoms with E-state index in [2.05, 4.69) is 0 Å². The molecule has 0 aliphatic rings. The Balaban J connectivity index is 2.56. The van der Waals surface area contributed by atoms with Crippen molar-refractivity contribution in [2.45, 2.75) is 13.3 Å². The second-order valence-electron chi connectivity index (χ2n) is 4.52. The van der Waals surface area contributed by atoms with E-state index in [1.54, 1.807) is 20.3 Å². The molecule has 0 radical (unpaired) electrons. The number of Topliss-reactive ketones (excluding diaryl/α,β-unsaturated/α-hetero) is 1. The number of methoxy groups -OCH3 is 2. The highest BCUT2D eigenvalue weighted by molar-refractivity contribution is 6.34. The lowest BCUT2D eigenvalue weighted by Gasteiger charge is -2.13. The molecule has 0 bridgehead atoms. The first-order chi connectivity index (χ1) is 10.1. The molecule has 0 fully saturated rings. The Kier molecular flexibility index (Phi) is 4.86. The first-order valence-corrected chi connectivity index (χ1v) is 7.04. The van der Waals surface area contributed by atoms with Crippen LogP contribution < -0.4 is 9.47 Å². The molecule has 0 aliphatic heterocycles. The highest BCUT2D eigenvalue weighted by Crippen LogP contribution is 2.41. The molecule has 0 amide bonds. The molecular formula is C17H17ClO3. The zero-order chi connectivity index (χ0) is 15.4. The first-order valence-electron chi connectivity index (χ1n) is 6.66. The maximum absolute atomic E-state index is 11.8. The Hall–Kier alpha value is -2.00. The van der Waals surface area contributed by atoms with E-state index in [-0.39, 0.29) is 5.78 Å². The fourth-order valence-corrected chi connectivity index (χ4v) is 2.51. The van der Waals surface area contributed by atoms with E-state index in [0.29, 0.717) is 28.5 Å². The van der Waals surface area contributed by atoms with Gasteiger partial charge in [0.2, 0.25) is 0 Å². The van der Waals surface area contributed by atoms with Crippen molar-refractivity contribution in [1.82, 2.24) is 0 Å². The molecule has 21 heavy (non-hydrogen) atoms. The summed E-state index contributed by atoms with van der Waals surface area (Å²) < 4.78 is 10.6. The number of rotatable bonds is 5. The van der Waals surface area contributed by atoms with Crippen molar-refractivity contribution >= 4 is 17.4 Å². The predicted molar refractivity (Wildman–Crippen MR) is 84.6 cm³/mol. The van der Waals surface area contributed by atoms with E-state index in [0.717, 1.165) is 11.1 Å². The molecule has 2 aromatic rings. The molecule has 0 heterocycles. The van der Waals surface area contributed by atoms with Gasteiger partial charge in [-0.15, -0.1) is 0 Å². The van der Waals surface area contributed by atoms with Crippen LogP contribution in [-0.4, -0.2) is 20.0 Å². The van der Waals surface area contributed by atoms with Gasteiger partial charge in [-0.3, -0.25) is 4.79 Å². The molecule has 0 N–H and O–H groups in total. The van der Waals surface area contributed by atoms with Gasteiger partial charge >= 0.3 is 0 Å². The third-order valence-corrected chi connectivity index (χ3v) is 3.66. The van der Waals surface area contributed by atoms with Gasteiger partial charge < -0.3 is 9.47 Å². The van der Waals surface area contributed by atoms with Crippen LogP contribution in [0.5, 0.6) is 11.5 Å². The second kappa shape index (κ2) is 6.64. The molecule has 2 aromatic carbocycles. The maximum Gasteiger partial charge on any atom is 0.162 e. The van der Waals surface area contributed by atoms with Crippen LogP contribution in [0, 0.1) is 0 Å². The lowest BCUT2D eigenvalue weighted by Crippen LogP contribution is -1.97. The number of ether oxygens (including phenoxy) is 2. The summed E-state index contributed by atoms with van der Waals surface area (Å²) in [5.74, 6) is 1.20. The summed E-state index contributed by atoms with van der Waals surface area (Å²) in [6, 6.07) is 11.1. The molecule has 0 atom stereocenters. The van der Waals surface area contributed by atoms with Crippen molar-refractivity contribution in [3.63, 3.8) is 0 Å². The van der Waals surface area contributed by atoms with Crippen molar-refractivity contribution in [2.75, 3.05) is 14.2 Å². The Morgan fingerprint density at radius 2 is 1.90 bits per heavy atom. The Morgan fingerprint density at radius 1 is 1.14 bits per heavy atom. The van der Waals surface area contributed by atoms with E-state index >= 15 is 0 Å². The van der Waals surface area contributed by atoms with E-state index < -0.39 is 0 Å². The molecule has 0 aliphatic carbocycles. The summed E-state index contributed by atoms with van der Waals surface area (Å²) in [5.41, 5.74) is 2.40. The first kappa shape index (κ1) is 15.4. The van der Waals surface area contributed by atoms with Crippen LogP contribution in [0.4, 0.5) is 0 Å². The predicted octanol–water partition coefficient (Wildman–Crippen LogP) is 4.62. The summed E-state index contributed by atoms with van der Waals surface area (Å²) in [7, 11) is 3.12. The highest BCUT2D eigenvalue weighted by atomic mass is 35.5. The minimum atomic E-state index is 0.107. The number of halogens is 1. The summed E-state index contributed by atoms with van der Waals surface area (Å²) in [6.45, 7) is 1.85. The van der Waals surface area contributed by atoms with Crippen LogP contribution >= 0.6 is 11.6 Å². The summed E-state index contributed by atoms with van der Waals surface area (Å²) >= 11 is 6.28. The summed E-state index contributed by atoms with van der Waals surface area (Å²) in [5, 5.41) is 0.421. The van der Waals surface area contributed by atoms with Crippen LogP contribution in [0.25, 0.3) is 11.1 Å². The van der Waals surface area contributed by atoms with Gasteiger partial charge in [0.15, 0.2) is 5.78 Å². The molecule has 4 heteroatoms. The number of hydrogen-bond donors (Lipinski definition) is 0. The van der Waals surface area contributed by atoms with Gasteiger partial charge in [0, 0.05) is 17.5 Å². The van der Waals surface area contributed by atoms with E-state index in [9.17, 15) is 4.79 Å². The largest absolute Gasteiger partial charge is 0.495 e. The zero-order valence-corrected chi connectivity index (χ0v) is 13.0. The zero-order valence-electron chi connectivity index (χ0n) is 12.3. The Morgan fingerprint density at radius 3 is 2.52 bits per heavy atom. The highest BCUT2D eigenvalue weighted by Gasteiger charge is 2.15. The summed E-state index contributed by atoms with van der Waals surface area (Å²) in [4.78, 5) is 11.8. The minimum Gasteiger partial charge on any atom is -0.495 e. The molecule has 3 nitrogen and oxygen atoms in total. The van der Waals surface area contributed by atoms with E-state index in [4.69, 9.17) is 21.1 Å². The van der Waals surface area contributed by atoms with Gasteiger partial charge in [0.05, 0.1) is 14.2 Å². The van der Waals surface area contributed by atoms with Gasteiger partial charge in [0.25, 0.3) is 0 Å². The number of carbonyl (C=O) groups is 1. The van der Waals surface area contributed by atoms with Crippen molar-refractivity contribution < 1.29 is 14.3 Å². The average molecular weight is 305 g/mol. The fourth-order valence-electron chi connectivity index (χ4n) is 2.19. The molecule has 2 rings (SSSR count). The third kappa shape index (κ3) is 3.03. The number of carbonyl (C=O) groups excluding carboxylic acids is 1. The molecule has 0 aromatic heterocycles. The van der Waals surface area contributed by atoms with E-state index in [1.807, 2.05) is 37.3 Å². The second-order valence-corrected chi connectivity index (χ2v) is 4.90. The lowest BCUT2D eigenvalue weighted by atomic mass is 9.99. The van der Waals surface area contributed by atoms with Gasteiger partial charge in [-0.05, 0) is 23.8 Å². The van der Waals surface area contributed by atoms with E-state index in [1.165, 1.54) is 0 Å². The van der Waals surface area contributed by atoms with Gasteiger partial charge in [-0.2, -0.15) is 0 Å². The van der Waals surface area contributed by atoms with Crippen molar-refractivity contribution in [3.8, 4) is 22.6 Å². The standard InChI is InChI=1S/C17H17ClO3/c1-4-14(19)12-7-5-6-11(10-12)13-8-9-15(20-2)16(18)17(13)21-3/h5-10H,4H2,1-3H3. The lowest BCUT2D eigenvalue weighted by molar-refractivity contribution is 0.0988. The smallest absolute Gasteiger partial charge is 0.162 e. The van der Waals surface area contributed by atoms with Crippen molar-refractivity contribution in [1.29, 1.82) is 0 Å². The minimum absolute atomic E-state index is 0.107. The Labute approximate surface area is 129 Å². The van der Waals surface area contributed by atoms with Crippen LogP contribution in [0.3, 0.4) is 0 Å². The van der Waals surface area contributed by atoms with Crippen LogP contribution in [0.2, 0.25) is 5.02 Å². The van der Waals surface area contributed by atoms with Crippen LogP contribution in [-0.2, 0) is 0 Å². The normalized spacial score (nSPS) is 10.3. The SMILES string of the molecule is CCC(=O)c1cccc(-c2ccc(OC)c(Cl)c2OC)c1. The molecule has 110 valence electrons. The maximum atomic E-state index is 11.8. The average Bonchev–Trinajstić information content (AvgIpc) is 2.53. The molecular weight excluding hydrogens is 288 g/mol. The topological polar surface area (TPSA) is 35.5 Å².